The molecular formula is C120H171N11O4. The predicted molar refractivity (Wildman–Crippen MR) is 574 cm³/mol. The lowest BCUT2D eigenvalue weighted by Gasteiger charge is -2.27. The lowest BCUT2D eigenvalue weighted by Crippen LogP contribution is -2.31. The molecule has 7 heterocycles. The van der Waals surface area contributed by atoms with Crippen LogP contribution in [0.3, 0.4) is 0 Å². The van der Waals surface area contributed by atoms with Crippen LogP contribution in [-0.2, 0) is 11.2 Å². The summed E-state index contributed by atoms with van der Waals surface area (Å²) >= 11 is 0. The summed E-state index contributed by atoms with van der Waals surface area (Å²) in [5.74, 6) is 11.7. The van der Waals surface area contributed by atoms with Crippen LogP contribution in [-0.4, -0.2) is 141 Å². The van der Waals surface area contributed by atoms with E-state index < -0.39 is 0 Å². The fraction of sp³-hybridized carbons (Fsp3) is 0.533. The number of terminal acetylenes is 1. The second-order valence-corrected chi connectivity index (χ2v) is 41.8. The highest BCUT2D eigenvalue weighted by Gasteiger charge is 2.35. The maximum Gasteiger partial charge on any atom is 0.318 e. The van der Waals surface area contributed by atoms with Crippen LogP contribution in [0, 0.1) is 24.2 Å². The number of benzene rings is 8. The number of nitrogens with zero attached hydrogens (tertiary/aromatic N) is 2. The van der Waals surface area contributed by atoms with Gasteiger partial charge in [-0.15, -0.1) is 13.0 Å². The highest BCUT2D eigenvalue weighted by atomic mass is 16.2. The number of ketones is 1. The molecule has 0 bridgehead atoms. The second-order valence-electron chi connectivity index (χ2n) is 41.8. The van der Waals surface area contributed by atoms with Crippen LogP contribution in [0.25, 0.3) is 11.1 Å². The van der Waals surface area contributed by atoms with E-state index in [1.807, 2.05) is 6.08 Å². The summed E-state index contributed by atoms with van der Waals surface area (Å²) in [5.41, 5.74) is 27.7. The Morgan fingerprint density at radius 1 is 0.407 bits per heavy atom. The minimum absolute atomic E-state index is 0.0103. The number of amides is 4. The van der Waals surface area contributed by atoms with Gasteiger partial charge in [0, 0.05) is 80.8 Å². The van der Waals surface area contributed by atoms with Crippen LogP contribution >= 0.6 is 0 Å². The lowest BCUT2D eigenvalue weighted by molar-refractivity contribution is -0.114. The standard InChI is InChI=1S/C20H30N2O.C18H25NO.C17H21N.C17H25N.C16H25N3O.C16H24N2O.C16H21N/c1-14(2)17-4-5-18(16-6-9-21-10-7-16)19(12-17)20(23)22-11-8-15(3)13-22;1-12(2)15-5-6-16(13-7-9-19-10-8-13)17(11-15)18(20)14-3-4-14;1-13(2)14-5-7-15(8-6-14)16-9-11-17(12-10-16)18(3)4;1-4-5-16-12-15(13(2)3)6-7-17(16)14-8-10-18-11-9-14;1-11(2)13-4-5-14(12-6-8-18-9-7-12)15(10-13)19-16(20)17-3;1-11(2)14-4-5-15(13-6-8-17-9-7-13)16(10-14)18-12(3)19;1-4-13-11-15(12(2)3)5-6-16(13)14-7-9-17-10-8-14/h4-5,12,14-16,21H,6-11,13H2,1-3H3;5-6,11-14,19H,3-4,7-10H2,1-2H3;5-13H,1-4H3;4,6-7,12-14,18H,1,5,8-11H2,2-3H3;4-5,10-12,18H,6-9H2,1-3H3,(H2,17,19,20);4-5,10-11,13,17H,6-9H2,1-3H3,(H,18,19);1,5-6,11-12,14,17H,7-10H2,2-3H3. The van der Waals surface area contributed by atoms with Gasteiger partial charge in [0.25, 0.3) is 5.91 Å². The summed E-state index contributed by atoms with van der Waals surface area (Å²) in [6.07, 6.45) is 26.1. The van der Waals surface area contributed by atoms with Crippen LogP contribution in [0.15, 0.2) is 170 Å². The topological polar surface area (TPSA) is 183 Å². The van der Waals surface area contributed by atoms with Gasteiger partial charge in [-0.2, -0.15) is 0 Å². The van der Waals surface area contributed by atoms with Gasteiger partial charge in [-0.25, -0.2) is 4.79 Å². The van der Waals surface area contributed by atoms with Crippen molar-refractivity contribution in [2.75, 3.05) is 128 Å². The van der Waals surface area contributed by atoms with Crippen molar-refractivity contribution >= 4 is 40.7 Å². The Labute approximate surface area is 816 Å². The molecule has 15 heteroatoms. The fourth-order valence-electron chi connectivity index (χ4n) is 19.9. The molecule has 16 rings (SSSR count). The molecule has 7 saturated heterocycles. The minimum Gasteiger partial charge on any atom is -0.378 e. The van der Waals surface area contributed by atoms with E-state index in [0.29, 0.717) is 88.6 Å². The molecule has 730 valence electrons. The Balaban J connectivity index is 0.000000163. The third-order valence-electron chi connectivity index (χ3n) is 29.0. The SMILES string of the molecule is C#Cc1cc(C(C)C)ccc1C1CCNCC1.C=CCc1cc(C(C)C)ccc1C1CCNCC1.CC(=O)Nc1cc(C(C)C)ccc1C1CCNCC1.CC(C)c1ccc(-c2ccc(N(C)C)cc2)cc1.CC(C)c1ccc(C2CCNCC2)c(C(=O)C2CC2)c1.CC1CCN(C(=O)c2cc(C(C)C)ccc2C2CCNCC2)C1.CNC(=O)Nc1cc(C(C)C)ccc1C1CCNCC1. The zero-order chi connectivity index (χ0) is 97.2. The van der Waals surface area contributed by atoms with E-state index in [1.165, 1.54) is 115 Å². The summed E-state index contributed by atoms with van der Waals surface area (Å²) in [4.78, 5) is 53.0. The number of hydrogen-bond acceptors (Lipinski definition) is 11. The molecule has 135 heavy (non-hydrogen) atoms. The van der Waals surface area contributed by atoms with Gasteiger partial charge in [-0.05, 0) is 396 Å². The summed E-state index contributed by atoms with van der Waals surface area (Å²) < 4.78 is 0. The van der Waals surface area contributed by atoms with E-state index in [4.69, 9.17) is 6.42 Å². The van der Waals surface area contributed by atoms with Gasteiger partial charge in [0.2, 0.25) is 5.91 Å². The quantitative estimate of drug-likeness (QED) is 0.0179. The van der Waals surface area contributed by atoms with E-state index in [2.05, 4.69) is 346 Å². The Morgan fingerprint density at radius 2 is 0.733 bits per heavy atom. The number of hydrogen-bond donors (Lipinski definition) is 9. The lowest BCUT2D eigenvalue weighted by atomic mass is 9.83. The van der Waals surface area contributed by atoms with Gasteiger partial charge in [0.15, 0.2) is 5.78 Å². The molecule has 1 atom stereocenters. The number of piperidine rings is 6. The van der Waals surface area contributed by atoms with Crippen molar-refractivity contribution in [1.29, 1.82) is 0 Å². The number of Topliss-reactive ketones (excluding diaryl/α,β-unsaturated/α-hetero) is 1. The molecule has 8 aromatic carbocycles. The van der Waals surface area contributed by atoms with Crippen molar-refractivity contribution in [1.82, 2.24) is 42.1 Å². The van der Waals surface area contributed by atoms with Crippen LogP contribution in [0.5, 0.6) is 0 Å². The first-order valence-corrected chi connectivity index (χ1v) is 52.0. The van der Waals surface area contributed by atoms with Crippen molar-refractivity contribution in [3.63, 3.8) is 0 Å². The Morgan fingerprint density at radius 3 is 1.10 bits per heavy atom. The maximum absolute atomic E-state index is 13.1. The van der Waals surface area contributed by atoms with Crippen molar-refractivity contribution < 1.29 is 19.2 Å². The van der Waals surface area contributed by atoms with Crippen LogP contribution < -0.4 is 52.8 Å². The first-order valence-electron chi connectivity index (χ1n) is 52.0. The number of likely N-dealkylation sites (tertiary alicyclic amines) is 1. The first kappa shape index (κ1) is 108. The van der Waals surface area contributed by atoms with Crippen LogP contribution in [0.2, 0.25) is 0 Å². The summed E-state index contributed by atoms with van der Waals surface area (Å²) in [5, 5.41) is 29.1. The maximum atomic E-state index is 13.1. The largest absolute Gasteiger partial charge is 0.378 e. The Bertz CT molecular complexity index is 5000. The first-order chi connectivity index (χ1) is 64.9. The van der Waals surface area contributed by atoms with Gasteiger partial charge in [-0.1, -0.05) is 231 Å². The third-order valence-corrected chi connectivity index (χ3v) is 29.0. The Kier molecular flexibility index (Phi) is 43.5. The molecule has 8 aromatic rings. The van der Waals surface area contributed by atoms with E-state index in [-0.39, 0.29) is 17.8 Å². The fourth-order valence-corrected chi connectivity index (χ4v) is 19.9. The number of nitrogens with one attached hydrogen (secondary N) is 9. The van der Waals surface area contributed by atoms with Gasteiger partial charge in [-0.3, -0.25) is 14.4 Å². The predicted octanol–water partition coefficient (Wildman–Crippen LogP) is 25.7. The van der Waals surface area contributed by atoms with Gasteiger partial charge in [0.1, 0.15) is 0 Å². The zero-order valence-electron chi connectivity index (χ0n) is 86.3. The molecule has 0 aromatic heterocycles. The number of urea groups is 1. The molecule has 1 saturated carbocycles. The van der Waals surface area contributed by atoms with Gasteiger partial charge in [0.05, 0.1) is 0 Å². The molecule has 9 N–H and O–H groups in total. The molecule has 8 aliphatic rings. The molecule has 7 aliphatic heterocycles. The van der Waals surface area contributed by atoms with Crippen molar-refractivity contribution in [2.24, 2.45) is 11.8 Å². The molecule has 8 fully saturated rings. The second kappa shape index (κ2) is 54.6. The molecule has 0 radical (unpaired) electrons. The van der Waals surface area contributed by atoms with Crippen molar-refractivity contribution in [2.45, 2.75) is 290 Å². The molecule has 4 amide bonds. The molecule has 0 spiro atoms. The van der Waals surface area contributed by atoms with Crippen molar-refractivity contribution in [3.8, 4) is 23.5 Å². The minimum atomic E-state index is -0.152. The Hall–Kier alpha value is -9.50. The number of rotatable bonds is 22. The summed E-state index contributed by atoms with van der Waals surface area (Å²) in [7, 11) is 5.77. The van der Waals surface area contributed by atoms with Gasteiger partial charge >= 0.3 is 6.03 Å². The molecule has 1 aliphatic carbocycles. The monoisotopic (exact) mass is 1830 g/mol. The number of carbonyl (C=O) groups is 4. The average molecular weight is 1830 g/mol. The third kappa shape index (κ3) is 32.6. The van der Waals surface area contributed by atoms with Crippen LogP contribution in [0.4, 0.5) is 21.9 Å². The van der Waals surface area contributed by atoms with E-state index >= 15 is 0 Å². The number of anilines is 3. The normalized spacial score (nSPS) is 17.5. The number of allylic oxidation sites excluding steroid dienone is 1. The van der Waals surface area contributed by atoms with E-state index in [1.54, 1.807) is 19.5 Å². The van der Waals surface area contributed by atoms with E-state index in [0.717, 1.165) is 203 Å². The molecular weight excluding hydrogens is 1660 g/mol. The summed E-state index contributed by atoms with van der Waals surface area (Å²) in [6, 6.07) is 57.5. The van der Waals surface area contributed by atoms with Crippen LogP contribution in [0.1, 0.15) is 388 Å². The van der Waals surface area contributed by atoms with Gasteiger partial charge < -0.3 is 57.7 Å². The average Bonchev–Trinajstić information content (AvgIpc) is 1.12. The number of carbonyl (C=O) groups excluding carboxylic acids is 4. The summed E-state index contributed by atoms with van der Waals surface area (Å²) in [6.45, 7) is 53.5. The zero-order valence-corrected chi connectivity index (χ0v) is 86.3. The molecule has 15 nitrogen and oxygen atoms in total. The molecule has 1 unspecified atom stereocenters. The smallest absolute Gasteiger partial charge is 0.318 e. The highest BCUT2D eigenvalue weighted by Crippen LogP contribution is 2.42. The van der Waals surface area contributed by atoms with Crippen molar-refractivity contribution in [3.05, 3.63) is 265 Å². The van der Waals surface area contributed by atoms with E-state index in [9.17, 15) is 19.2 Å². The highest BCUT2D eigenvalue weighted by molar-refractivity contribution is 6.01.